The molecule has 21 heavy (non-hydrogen) atoms. The minimum Gasteiger partial charge on any atom is -0.491 e. The van der Waals surface area contributed by atoms with Gasteiger partial charge in [-0.1, -0.05) is 18.2 Å². The maximum absolute atomic E-state index is 11.9. The van der Waals surface area contributed by atoms with Gasteiger partial charge < -0.3 is 15.4 Å². The summed E-state index contributed by atoms with van der Waals surface area (Å²) in [6.45, 7) is 6.97. The number of hydrogen-bond acceptors (Lipinski definition) is 3. The zero-order valence-corrected chi connectivity index (χ0v) is 13.6. The summed E-state index contributed by atoms with van der Waals surface area (Å²) in [6.07, 6.45) is 2.06. The second-order valence-corrected chi connectivity index (χ2v) is 5.40. The van der Waals surface area contributed by atoms with Gasteiger partial charge in [-0.3, -0.25) is 4.79 Å². The minimum atomic E-state index is 0. The van der Waals surface area contributed by atoms with E-state index in [0.717, 1.165) is 42.8 Å². The normalized spacial score (nSPS) is 17.7. The van der Waals surface area contributed by atoms with Crippen LogP contribution in [-0.4, -0.2) is 32.1 Å². The van der Waals surface area contributed by atoms with E-state index >= 15 is 0 Å². The van der Waals surface area contributed by atoms with Crippen molar-refractivity contribution in [2.45, 2.75) is 26.7 Å². The molecule has 1 unspecified atom stereocenters. The van der Waals surface area contributed by atoms with Crippen LogP contribution in [0.1, 0.15) is 24.0 Å². The molecule has 0 aromatic heterocycles. The van der Waals surface area contributed by atoms with Crippen molar-refractivity contribution in [3.8, 4) is 5.75 Å². The minimum absolute atomic E-state index is 0. The molecule has 2 rings (SSSR count). The second-order valence-electron chi connectivity index (χ2n) is 5.40. The average molecular weight is 313 g/mol. The van der Waals surface area contributed by atoms with Gasteiger partial charge in [0.2, 0.25) is 5.91 Å². The third kappa shape index (κ3) is 5.21. The monoisotopic (exact) mass is 312 g/mol. The fourth-order valence-corrected chi connectivity index (χ4v) is 2.57. The van der Waals surface area contributed by atoms with Gasteiger partial charge in [-0.15, -0.1) is 12.4 Å². The van der Waals surface area contributed by atoms with Gasteiger partial charge in [0, 0.05) is 6.54 Å². The molecule has 1 aromatic rings. The van der Waals surface area contributed by atoms with Gasteiger partial charge in [-0.05, 0) is 44.4 Å². The van der Waals surface area contributed by atoms with Crippen LogP contribution in [0.3, 0.4) is 0 Å². The number of aryl methyl sites for hydroxylation is 2. The molecule has 2 N–H and O–H groups in total. The van der Waals surface area contributed by atoms with Crippen molar-refractivity contribution >= 4 is 18.3 Å². The van der Waals surface area contributed by atoms with Gasteiger partial charge in [0.15, 0.2) is 0 Å². The molecule has 1 aliphatic heterocycles. The van der Waals surface area contributed by atoms with E-state index in [4.69, 9.17) is 4.74 Å². The van der Waals surface area contributed by atoms with Crippen LogP contribution < -0.4 is 15.4 Å². The van der Waals surface area contributed by atoms with Crippen molar-refractivity contribution in [3.63, 3.8) is 0 Å². The Balaban J connectivity index is 0.00000220. The lowest BCUT2D eigenvalue weighted by Crippen LogP contribution is -2.41. The van der Waals surface area contributed by atoms with E-state index in [1.165, 1.54) is 0 Å². The molecule has 1 heterocycles. The van der Waals surface area contributed by atoms with Crippen LogP contribution in [0, 0.1) is 19.8 Å². The molecular weight excluding hydrogens is 288 g/mol. The Morgan fingerprint density at radius 3 is 2.71 bits per heavy atom. The number of carbonyl (C=O) groups is 1. The average Bonchev–Trinajstić information content (AvgIpc) is 2.46. The second kappa shape index (κ2) is 8.90. The zero-order chi connectivity index (χ0) is 14.4. The Bertz CT molecular complexity index is 439. The van der Waals surface area contributed by atoms with Gasteiger partial charge in [0.05, 0.1) is 12.5 Å². The van der Waals surface area contributed by atoms with Gasteiger partial charge >= 0.3 is 0 Å². The summed E-state index contributed by atoms with van der Waals surface area (Å²) in [7, 11) is 0. The molecule has 5 heteroatoms. The lowest BCUT2D eigenvalue weighted by atomic mass is 9.99. The number of piperidine rings is 1. The highest BCUT2D eigenvalue weighted by atomic mass is 35.5. The summed E-state index contributed by atoms with van der Waals surface area (Å²) in [5.41, 5.74) is 2.26. The van der Waals surface area contributed by atoms with E-state index in [2.05, 4.69) is 10.6 Å². The molecule has 1 atom stereocenters. The standard InChI is InChI=1S/C16H24N2O2.ClH/c1-12-5-3-6-13(2)15(12)20-10-9-18-16(19)14-7-4-8-17-11-14;/h3,5-6,14,17H,4,7-11H2,1-2H3,(H,18,19);1H. The molecule has 0 radical (unpaired) electrons. The molecule has 1 amide bonds. The Morgan fingerprint density at radius 2 is 2.10 bits per heavy atom. The van der Waals surface area contributed by atoms with Crippen LogP contribution >= 0.6 is 12.4 Å². The van der Waals surface area contributed by atoms with Gasteiger partial charge in [-0.2, -0.15) is 0 Å². The lowest BCUT2D eigenvalue weighted by molar-refractivity contribution is -0.125. The van der Waals surface area contributed by atoms with E-state index in [1.54, 1.807) is 0 Å². The molecule has 1 fully saturated rings. The molecular formula is C16H25ClN2O2. The number of benzene rings is 1. The maximum atomic E-state index is 11.9. The first-order chi connectivity index (χ1) is 9.68. The Morgan fingerprint density at radius 1 is 1.38 bits per heavy atom. The van der Waals surface area contributed by atoms with Crippen LogP contribution in [0.25, 0.3) is 0 Å². The summed E-state index contributed by atoms with van der Waals surface area (Å²) in [6, 6.07) is 6.10. The Hall–Kier alpha value is -1.26. The van der Waals surface area contributed by atoms with Crippen molar-refractivity contribution < 1.29 is 9.53 Å². The third-order valence-corrected chi connectivity index (χ3v) is 3.72. The van der Waals surface area contributed by atoms with Crippen molar-refractivity contribution in [1.29, 1.82) is 0 Å². The number of amides is 1. The first-order valence-corrected chi connectivity index (χ1v) is 7.36. The first-order valence-electron chi connectivity index (χ1n) is 7.36. The van der Waals surface area contributed by atoms with Crippen LogP contribution in [0.15, 0.2) is 18.2 Å². The maximum Gasteiger partial charge on any atom is 0.224 e. The van der Waals surface area contributed by atoms with Crippen molar-refractivity contribution in [1.82, 2.24) is 10.6 Å². The predicted molar refractivity (Wildman–Crippen MR) is 87.3 cm³/mol. The molecule has 1 aromatic carbocycles. The SMILES string of the molecule is Cc1cccc(C)c1OCCNC(=O)C1CCCNC1.Cl. The van der Waals surface area contributed by atoms with E-state index < -0.39 is 0 Å². The van der Waals surface area contributed by atoms with Crippen LogP contribution in [0.2, 0.25) is 0 Å². The highest BCUT2D eigenvalue weighted by Crippen LogP contribution is 2.21. The van der Waals surface area contributed by atoms with Crippen molar-refractivity contribution in [3.05, 3.63) is 29.3 Å². The van der Waals surface area contributed by atoms with Gasteiger partial charge in [-0.25, -0.2) is 0 Å². The predicted octanol–water partition coefficient (Wildman–Crippen LogP) is 2.22. The van der Waals surface area contributed by atoms with Crippen molar-refractivity contribution in [2.75, 3.05) is 26.2 Å². The van der Waals surface area contributed by atoms with E-state index in [0.29, 0.717) is 13.2 Å². The highest BCUT2D eigenvalue weighted by molar-refractivity contribution is 5.85. The summed E-state index contributed by atoms with van der Waals surface area (Å²) in [5.74, 6) is 1.19. The third-order valence-electron chi connectivity index (χ3n) is 3.72. The number of nitrogens with one attached hydrogen (secondary N) is 2. The molecule has 1 saturated heterocycles. The number of halogens is 1. The summed E-state index contributed by atoms with van der Waals surface area (Å²) in [5, 5.41) is 6.21. The first kappa shape index (κ1) is 17.8. The molecule has 1 aliphatic rings. The largest absolute Gasteiger partial charge is 0.491 e. The molecule has 0 bridgehead atoms. The molecule has 118 valence electrons. The van der Waals surface area contributed by atoms with E-state index in [9.17, 15) is 4.79 Å². The smallest absolute Gasteiger partial charge is 0.224 e. The molecule has 0 saturated carbocycles. The summed E-state index contributed by atoms with van der Waals surface area (Å²) < 4.78 is 5.77. The van der Waals surface area contributed by atoms with Crippen LogP contribution in [-0.2, 0) is 4.79 Å². The number of rotatable bonds is 5. The number of ether oxygens (including phenoxy) is 1. The molecule has 0 spiro atoms. The van der Waals surface area contributed by atoms with E-state index in [1.807, 2.05) is 32.0 Å². The summed E-state index contributed by atoms with van der Waals surface area (Å²) >= 11 is 0. The summed E-state index contributed by atoms with van der Waals surface area (Å²) in [4.78, 5) is 11.9. The number of hydrogen-bond donors (Lipinski definition) is 2. The highest BCUT2D eigenvalue weighted by Gasteiger charge is 2.20. The fourth-order valence-electron chi connectivity index (χ4n) is 2.57. The molecule has 4 nitrogen and oxygen atoms in total. The quantitative estimate of drug-likeness (QED) is 0.820. The number of carbonyl (C=O) groups excluding carboxylic acids is 1. The van der Waals surface area contributed by atoms with E-state index in [-0.39, 0.29) is 24.2 Å². The Kier molecular flexibility index (Phi) is 7.54. The van der Waals surface area contributed by atoms with Gasteiger partial charge in [0.1, 0.15) is 12.4 Å². The topological polar surface area (TPSA) is 50.4 Å². The Labute approximate surface area is 133 Å². The van der Waals surface area contributed by atoms with Crippen LogP contribution in [0.5, 0.6) is 5.75 Å². The number of para-hydroxylation sites is 1. The lowest BCUT2D eigenvalue weighted by Gasteiger charge is -2.22. The van der Waals surface area contributed by atoms with Crippen LogP contribution in [0.4, 0.5) is 0 Å². The van der Waals surface area contributed by atoms with Gasteiger partial charge in [0.25, 0.3) is 0 Å². The molecule has 0 aliphatic carbocycles. The van der Waals surface area contributed by atoms with Crippen molar-refractivity contribution in [2.24, 2.45) is 5.92 Å². The zero-order valence-electron chi connectivity index (χ0n) is 12.8. The fraction of sp³-hybridized carbons (Fsp3) is 0.562.